The molecule has 5 aliphatic rings. The molecule has 6 rings (SSSR count). The maximum absolute atomic E-state index is 13.3. The first-order valence-corrected chi connectivity index (χ1v) is 13.1. The van der Waals surface area contributed by atoms with Gasteiger partial charge in [0.05, 0.1) is 12.6 Å². The number of carbonyl (C=O) groups excluding carboxylic acids is 3. The number of hydrogen-bond acceptors (Lipinski definition) is 6. The van der Waals surface area contributed by atoms with E-state index in [-0.39, 0.29) is 49.4 Å². The molecule has 3 aliphatic heterocycles. The maximum atomic E-state index is 13.3. The summed E-state index contributed by atoms with van der Waals surface area (Å²) >= 11 is 0. The van der Waals surface area contributed by atoms with Crippen molar-refractivity contribution in [1.29, 1.82) is 0 Å². The van der Waals surface area contributed by atoms with Crippen LogP contribution in [0.1, 0.15) is 67.3 Å². The van der Waals surface area contributed by atoms with Gasteiger partial charge in [-0.15, -0.1) is 0 Å². The summed E-state index contributed by atoms with van der Waals surface area (Å²) in [5.74, 6) is -2.82. The predicted molar refractivity (Wildman–Crippen MR) is 126 cm³/mol. The topological polar surface area (TPSA) is 91.0 Å². The molecule has 0 bridgehead atoms. The van der Waals surface area contributed by atoms with Crippen molar-refractivity contribution in [3.8, 4) is 0 Å². The number of anilines is 1. The van der Waals surface area contributed by atoms with Gasteiger partial charge >= 0.3 is 0 Å². The maximum Gasteiger partial charge on any atom is 0.255 e. The zero-order valence-electron chi connectivity index (χ0n) is 20.2. The van der Waals surface area contributed by atoms with Crippen molar-refractivity contribution in [2.45, 2.75) is 88.2 Å². The number of benzene rings is 1. The van der Waals surface area contributed by atoms with Crippen LogP contribution < -0.4 is 15.5 Å². The SMILES string of the molecule is O=C1CCC(N2Cc3c(cccc3N(CC3CC3)[C@@H]3CC[C@@H](NC4CC(F)(F)C4)OC3)C2=O)C(=O)N1. The molecular formula is C26H32F2N4O4. The number of rotatable bonds is 7. The number of ether oxygens (including phenoxy) is 1. The van der Waals surface area contributed by atoms with Gasteiger partial charge in [0, 0.05) is 55.2 Å². The lowest BCUT2D eigenvalue weighted by Crippen LogP contribution is -2.55. The Balaban J connectivity index is 1.17. The highest BCUT2D eigenvalue weighted by atomic mass is 19.3. The highest BCUT2D eigenvalue weighted by Gasteiger charge is 2.46. The van der Waals surface area contributed by atoms with E-state index in [0.717, 1.165) is 30.6 Å². The quantitative estimate of drug-likeness (QED) is 0.557. The van der Waals surface area contributed by atoms with E-state index in [2.05, 4.69) is 15.5 Å². The van der Waals surface area contributed by atoms with Crippen LogP contribution in [-0.2, 0) is 20.9 Å². The molecule has 1 unspecified atom stereocenters. The van der Waals surface area contributed by atoms with Crippen LogP contribution in [0.15, 0.2) is 18.2 Å². The highest BCUT2D eigenvalue weighted by Crippen LogP contribution is 2.40. The lowest BCUT2D eigenvalue weighted by atomic mass is 9.88. The minimum atomic E-state index is -2.55. The number of imide groups is 1. The van der Waals surface area contributed by atoms with Crippen molar-refractivity contribution in [3.63, 3.8) is 0 Å². The van der Waals surface area contributed by atoms with E-state index in [1.807, 2.05) is 18.2 Å². The number of alkyl halides is 2. The number of nitrogens with one attached hydrogen (secondary N) is 2. The average Bonchev–Trinajstić information content (AvgIpc) is 3.59. The minimum absolute atomic E-state index is 0.123. The van der Waals surface area contributed by atoms with Crippen molar-refractivity contribution < 1.29 is 27.9 Å². The third-order valence-electron chi connectivity index (χ3n) is 8.22. The normalized spacial score (nSPS) is 30.1. The van der Waals surface area contributed by atoms with Crippen LogP contribution in [0.5, 0.6) is 0 Å². The number of piperidine rings is 1. The Labute approximate surface area is 208 Å². The highest BCUT2D eigenvalue weighted by molar-refractivity contribution is 6.06. The van der Waals surface area contributed by atoms with E-state index in [4.69, 9.17) is 4.74 Å². The van der Waals surface area contributed by atoms with Crippen LogP contribution in [0.3, 0.4) is 0 Å². The Hall–Kier alpha value is -2.59. The molecule has 0 radical (unpaired) electrons. The van der Waals surface area contributed by atoms with Gasteiger partial charge in [0.15, 0.2) is 0 Å². The van der Waals surface area contributed by atoms with Crippen LogP contribution in [0.4, 0.5) is 14.5 Å². The first kappa shape index (κ1) is 23.8. The van der Waals surface area contributed by atoms with Crippen LogP contribution >= 0.6 is 0 Å². The van der Waals surface area contributed by atoms with E-state index in [1.165, 1.54) is 12.8 Å². The summed E-state index contributed by atoms with van der Waals surface area (Å²) in [4.78, 5) is 41.3. The standard InChI is InChI=1S/C26H32F2N4O4/c27-26(28)10-16(11-26)29-23-9-6-17(14-36-23)31(12-15-4-5-15)20-3-1-2-18-19(20)13-32(25(18)35)21-7-8-22(33)30-24(21)34/h1-3,15-17,21,23,29H,4-14H2,(H,30,33,34)/t17-,21?,23+/m1/s1. The van der Waals surface area contributed by atoms with E-state index < -0.39 is 17.9 Å². The number of hydrogen-bond donors (Lipinski definition) is 2. The van der Waals surface area contributed by atoms with Crippen LogP contribution in [0.2, 0.25) is 0 Å². The molecule has 1 aromatic carbocycles. The van der Waals surface area contributed by atoms with Crippen LogP contribution in [-0.4, -0.2) is 66.0 Å². The smallest absolute Gasteiger partial charge is 0.255 e. The van der Waals surface area contributed by atoms with Crippen molar-refractivity contribution >= 4 is 23.4 Å². The van der Waals surface area contributed by atoms with E-state index in [9.17, 15) is 23.2 Å². The largest absolute Gasteiger partial charge is 0.366 e. The van der Waals surface area contributed by atoms with Crippen LogP contribution in [0, 0.1) is 5.92 Å². The molecule has 10 heteroatoms. The molecule has 36 heavy (non-hydrogen) atoms. The Bertz CT molecular complexity index is 1060. The Morgan fingerprint density at radius 1 is 1.11 bits per heavy atom. The fraction of sp³-hybridized carbons (Fsp3) is 0.654. The summed E-state index contributed by atoms with van der Waals surface area (Å²) < 4.78 is 32.5. The number of nitrogens with zero attached hydrogens (tertiary/aromatic N) is 2. The molecule has 1 aromatic rings. The molecule has 0 aromatic heterocycles. The summed E-state index contributed by atoms with van der Waals surface area (Å²) in [6.45, 7) is 1.71. The first-order chi connectivity index (χ1) is 17.3. The zero-order valence-corrected chi connectivity index (χ0v) is 20.2. The molecule has 2 saturated carbocycles. The number of carbonyl (C=O) groups is 3. The average molecular weight is 503 g/mol. The monoisotopic (exact) mass is 502 g/mol. The second-order valence-electron chi connectivity index (χ2n) is 11.0. The summed E-state index contributed by atoms with van der Waals surface area (Å²) in [6, 6.07) is 5.04. The van der Waals surface area contributed by atoms with E-state index >= 15 is 0 Å². The molecule has 3 atom stereocenters. The molecule has 194 valence electrons. The third-order valence-corrected chi connectivity index (χ3v) is 8.22. The third kappa shape index (κ3) is 4.61. The fourth-order valence-corrected chi connectivity index (χ4v) is 6.02. The molecule has 2 N–H and O–H groups in total. The van der Waals surface area contributed by atoms with E-state index in [0.29, 0.717) is 31.1 Å². The van der Waals surface area contributed by atoms with Gasteiger partial charge in [-0.25, -0.2) is 8.78 Å². The van der Waals surface area contributed by atoms with Gasteiger partial charge in [0.1, 0.15) is 12.3 Å². The van der Waals surface area contributed by atoms with Gasteiger partial charge in [-0.2, -0.15) is 0 Å². The Morgan fingerprint density at radius 2 is 1.92 bits per heavy atom. The Morgan fingerprint density at radius 3 is 2.58 bits per heavy atom. The van der Waals surface area contributed by atoms with Gasteiger partial charge in [0.25, 0.3) is 11.8 Å². The number of amides is 3. The molecular weight excluding hydrogens is 470 g/mol. The second-order valence-corrected chi connectivity index (χ2v) is 11.0. The molecule has 2 saturated heterocycles. The van der Waals surface area contributed by atoms with Crippen molar-refractivity contribution in [2.24, 2.45) is 5.92 Å². The molecule has 4 fully saturated rings. The van der Waals surface area contributed by atoms with Gasteiger partial charge in [-0.05, 0) is 50.2 Å². The van der Waals surface area contributed by atoms with Gasteiger partial charge in [-0.1, -0.05) is 6.07 Å². The molecule has 3 heterocycles. The summed E-state index contributed by atoms with van der Waals surface area (Å²) in [5, 5.41) is 5.59. The minimum Gasteiger partial charge on any atom is -0.366 e. The van der Waals surface area contributed by atoms with Crippen molar-refractivity contribution in [3.05, 3.63) is 29.3 Å². The lowest BCUT2D eigenvalue weighted by molar-refractivity contribution is -0.136. The van der Waals surface area contributed by atoms with Gasteiger partial charge < -0.3 is 14.5 Å². The first-order valence-electron chi connectivity index (χ1n) is 13.1. The summed E-state index contributed by atoms with van der Waals surface area (Å²) in [7, 11) is 0. The summed E-state index contributed by atoms with van der Waals surface area (Å²) in [5.41, 5.74) is 2.53. The number of halogens is 2. The second kappa shape index (κ2) is 9.06. The van der Waals surface area contributed by atoms with Crippen molar-refractivity contribution in [1.82, 2.24) is 15.5 Å². The van der Waals surface area contributed by atoms with E-state index in [1.54, 1.807) is 4.90 Å². The molecule has 8 nitrogen and oxygen atoms in total. The molecule has 2 aliphatic carbocycles. The fourth-order valence-electron chi connectivity index (χ4n) is 6.02. The zero-order chi connectivity index (χ0) is 25.0. The predicted octanol–water partition coefficient (Wildman–Crippen LogP) is 2.56. The van der Waals surface area contributed by atoms with Crippen molar-refractivity contribution in [2.75, 3.05) is 18.1 Å². The molecule has 0 spiro atoms. The molecule has 3 amide bonds. The van der Waals surface area contributed by atoms with Gasteiger partial charge in [0.2, 0.25) is 11.8 Å². The van der Waals surface area contributed by atoms with Gasteiger partial charge in [-0.3, -0.25) is 25.0 Å². The summed E-state index contributed by atoms with van der Waals surface area (Å²) in [6.07, 6.45) is 4.06. The lowest BCUT2D eigenvalue weighted by Gasteiger charge is -2.42. The van der Waals surface area contributed by atoms with Crippen LogP contribution in [0.25, 0.3) is 0 Å². The Kier molecular flexibility index (Phi) is 5.99. The number of fused-ring (bicyclic) bond motifs is 1.